The lowest BCUT2D eigenvalue weighted by atomic mass is 10.2. The highest BCUT2D eigenvalue weighted by Gasteiger charge is 2.14. The van der Waals surface area contributed by atoms with Crippen LogP contribution in [0.2, 0.25) is 0 Å². The third-order valence-electron chi connectivity index (χ3n) is 4.46. The van der Waals surface area contributed by atoms with Crippen LogP contribution in [0.3, 0.4) is 0 Å². The highest BCUT2D eigenvalue weighted by Crippen LogP contribution is 2.12. The molecule has 1 aromatic heterocycles. The quantitative estimate of drug-likeness (QED) is 0.220. The van der Waals surface area contributed by atoms with Crippen molar-refractivity contribution in [3.05, 3.63) is 42.5 Å². The zero-order valence-electron chi connectivity index (χ0n) is 16.9. The van der Waals surface area contributed by atoms with Crippen molar-refractivity contribution in [3.8, 4) is 5.69 Å². The fourth-order valence-corrected chi connectivity index (χ4v) is 3.03. The topological polar surface area (TPSA) is 85.6 Å². The maximum Gasteiger partial charge on any atom is 0.191 e. The van der Waals surface area contributed by atoms with Crippen molar-refractivity contribution in [1.82, 2.24) is 25.4 Å². The lowest BCUT2D eigenvalue weighted by molar-refractivity contribution is 0.0168. The van der Waals surface area contributed by atoms with Crippen LogP contribution in [0.5, 0.6) is 0 Å². The van der Waals surface area contributed by atoms with E-state index in [1.807, 2.05) is 41.8 Å². The minimum atomic E-state index is 0. The van der Waals surface area contributed by atoms with Gasteiger partial charge < -0.3 is 20.1 Å². The van der Waals surface area contributed by atoms with Crippen molar-refractivity contribution in [2.45, 2.75) is 38.8 Å². The predicted octanol–water partition coefficient (Wildman–Crippen LogP) is 2.53. The molecule has 0 aliphatic carbocycles. The Kier molecular flexibility index (Phi) is 11.0. The van der Waals surface area contributed by atoms with Crippen LogP contribution < -0.4 is 10.6 Å². The highest BCUT2D eigenvalue weighted by molar-refractivity contribution is 14.0. The molecule has 9 heteroatoms. The normalized spacial score (nSPS) is 16.4. The summed E-state index contributed by atoms with van der Waals surface area (Å²) in [6.07, 6.45) is 5.18. The number of para-hydroxylation sites is 1. The number of benzene rings is 1. The zero-order valence-corrected chi connectivity index (χ0v) is 19.2. The number of guanidine groups is 1. The molecule has 0 saturated carbocycles. The number of aliphatic imine (C=N–C) groups is 1. The van der Waals surface area contributed by atoms with Crippen molar-refractivity contribution >= 4 is 29.9 Å². The van der Waals surface area contributed by atoms with E-state index in [1.54, 1.807) is 6.33 Å². The maximum absolute atomic E-state index is 5.70. The van der Waals surface area contributed by atoms with E-state index < -0.39 is 0 Å². The second kappa shape index (κ2) is 13.5. The number of nitrogens with one attached hydrogen (secondary N) is 2. The summed E-state index contributed by atoms with van der Waals surface area (Å²) in [6, 6.07) is 10.0. The van der Waals surface area contributed by atoms with Crippen LogP contribution in [0.4, 0.5) is 0 Å². The van der Waals surface area contributed by atoms with Crippen LogP contribution >= 0.6 is 24.0 Å². The van der Waals surface area contributed by atoms with Crippen LogP contribution in [0.25, 0.3) is 5.69 Å². The fourth-order valence-electron chi connectivity index (χ4n) is 3.03. The molecular weight excluding hydrogens is 483 g/mol. The molecule has 0 amide bonds. The molecule has 1 aliphatic rings. The molecule has 0 bridgehead atoms. The lowest BCUT2D eigenvalue weighted by Gasteiger charge is -2.13. The van der Waals surface area contributed by atoms with E-state index in [-0.39, 0.29) is 30.1 Å². The number of hydrogen-bond donors (Lipinski definition) is 2. The first-order valence-electron chi connectivity index (χ1n) is 10.0. The van der Waals surface area contributed by atoms with Crippen molar-refractivity contribution in [2.75, 3.05) is 32.9 Å². The number of nitrogens with zero attached hydrogens (tertiary/aromatic N) is 4. The van der Waals surface area contributed by atoms with Gasteiger partial charge in [-0.25, -0.2) is 4.99 Å². The molecule has 8 nitrogen and oxygen atoms in total. The van der Waals surface area contributed by atoms with E-state index in [2.05, 4.69) is 25.8 Å². The van der Waals surface area contributed by atoms with Gasteiger partial charge in [0.15, 0.2) is 11.8 Å². The van der Waals surface area contributed by atoms with Crippen molar-refractivity contribution in [3.63, 3.8) is 0 Å². The molecule has 1 unspecified atom stereocenters. The predicted molar refractivity (Wildman–Crippen MR) is 124 cm³/mol. The summed E-state index contributed by atoms with van der Waals surface area (Å²) in [6.45, 7) is 6.37. The van der Waals surface area contributed by atoms with Crippen molar-refractivity contribution in [2.24, 2.45) is 4.99 Å². The minimum absolute atomic E-state index is 0. The summed E-state index contributed by atoms with van der Waals surface area (Å²) in [5.74, 6) is 1.56. The van der Waals surface area contributed by atoms with Gasteiger partial charge >= 0.3 is 0 Å². The van der Waals surface area contributed by atoms with Crippen molar-refractivity contribution in [1.29, 1.82) is 0 Å². The molecule has 29 heavy (non-hydrogen) atoms. The van der Waals surface area contributed by atoms with E-state index in [0.717, 1.165) is 56.4 Å². The van der Waals surface area contributed by atoms with E-state index in [4.69, 9.17) is 9.47 Å². The lowest BCUT2D eigenvalue weighted by Crippen LogP contribution is -2.38. The van der Waals surface area contributed by atoms with Gasteiger partial charge in [0.2, 0.25) is 0 Å². The summed E-state index contributed by atoms with van der Waals surface area (Å²) in [5.41, 5.74) is 1.03. The van der Waals surface area contributed by atoms with Gasteiger partial charge in [-0.1, -0.05) is 18.2 Å². The van der Waals surface area contributed by atoms with Gasteiger partial charge in [-0.2, -0.15) is 0 Å². The average Bonchev–Trinajstić information content (AvgIpc) is 3.41. The molecule has 1 aromatic carbocycles. The summed E-state index contributed by atoms with van der Waals surface area (Å²) in [4.78, 5) is 4.63. The molecule has 3 rings (SSSR count). The van der Waals surface area contributed by atoms with E-state index in [0.29, 0.717) is 19.8 Å². The Bertz CT molecular complexity index is 719. The molecule has 1 aliphatic heterocycles. The second-order valence-electron chi connectivity index (χ2n) is 6.64. The smallest absolute Gasteiger partial charge is 0.191 e. The van der Waals surface area contributed by atoms with Crippen LogP contribution in [0.1, 0.15) is 32.0 Å². The first-order chi connectivity index (χ1) is 13.9. The first kappa shape index (κ1) is 23.6. The Hall–Kier alpha value is -1.72. The first-order valence-corrected chi connectivity index (χ1v) is 10.0. The third-order valence-corrected chi connectivity index (χ3v) is 4.46. The number of aromatic nitrogens is 3. The number of ether oxygens (including phenoxy) is 2. The fraction of sp³-hybridized carbons (Fsp3) is 0.550. The van der Waals surface area contributed by atoms with E-state index in [9.17, 15) is 0 Å². The molecular formula is C20H31IN6O2. The summed E-state index contributed by atoms with van der Waals surface area (Å²) >= 11 is 0. The second-order valence-corrected chi connectivity index (χ2v) is 6.64. The number of rotatable bonds is 10. The van der Waals surface area contributed by atoms with Gasteiger partial charge in [0.1, 0.15) is 12.9 Å². The summed E-state index contributed by atoms with van der Waals surface area (Å²) < 4.78 is 13.2. The molecule has 2 N–H and O–H groups in total. The molecule has 2 heterocycles. The van der Waals surface area contributed by atoms with Gasteiger partial charge in [-0.3, -0.25) is 4.57 Å². The average molecular weight is 514 g/mol. The molecule has 2 aromatic rings. The summed E-state index contributed by atoms with van der Waals surface area (Å²) in [7, 11) is 0. The van der Waals surface area contributed by atoms with E-state index >= 15 is 0 Å². The largest absolute Gasteiger partial charge is 0.379 e. The van der Waals surface area contributed by atoms with Crippen molar-refractivity contribution < 1.29 is 9.47 Å². The summed E-state index contributed by atoms with van der Waals surface area (Å²) in [5, 5.41) is 14.8. The van der Waals surface area contributed by atoms with Crippen LogP contribution in [0.15, 0.2) is 41.7 Å². The maximum atomic E-state index is 5.70. The van der Waals surface area contributed by atoms with Gasteiger partial charge in [0.05, 0.1) is 12.7 Å². The van der Waals surface area contributed by atoms with Gasteiger partial charge in [0.25, 0.3) is 0 Å². The van der Waals surface area contributed by atoms with Crippen LogP contribution in [-0.4, -0.2) is 59.7 Å². The van der Waals surface area contributed by atoms with Crippen LogP contribution in [0, 0.1) is 0 Å². The number of hydrogen-bond acceptors (Lipinski definition) is 5. The highest BCUT2D eigenvalue weighted by atomic mass is 127. The Morgan fingerprint density at radius 2 is 2.17 bits per heavy atom. The minimum Gasteiger partial charge on any atom is -0.379 e. The Morgan fingerprint density at radius 3 is 2.93 bits per heavy atom. The van der Waals surface area contributed by atoms with Gasteiger partial charge in [0, 0.05) is 32.0 Å². The third kappa shape index (κ3) is 7.90. The monoisotopic (exact) mass is 514 g/mol. The molecule has 160 valence electrons. The SMILES string of the molecule is CCNC(=NCc1nncn1-c1ccccc1)NCCCOCC1CCCO1.I. The Morgan fingerprint density at radius 1 is 1.31 bits per heavy atom. The molecule has 1 saturated heterocycles. The van der Waals surface area contributed by atoms with Gasteiger partial charge in [-0.05, 0) is 38.3 Å². The molecule has 1 atom stereocenters. The molecule has 1 fully saturated rings. The Balaban J connectivity index is 0.00000300. The molecule has 0 spiro atoms. The zero-order chi connectivity index (χ0) is 19.4. The molecule has 0 radical (unpaired) electrons. The number of halogens is 1. The van der Waals surface area contributed by atoms with Gasteiger partial charge in [-0.15, -0.1) is 34.2 Å². The van der Waals surface area contributed by atoms with E-state index in [1.165, 1.54) is 0 Å². The Labute approximate surface area is 189 Å². The van der Waals surface area contributed by atoms with Crippen LogP contribution in [-0.2, 0) is 16.0 Å². The standard InChI is InChI=1S/C20H30N6O2.HI/c1-2-21-20(22-11-7-12-27-15-18-10-6-13-28-18)23-14-19-25-24-16-26(19)17-8-4-3-5-9-17;/h3-5,8-9,16,18H,2,6-7,10-15H2,1H3,(H2,21,22,23);1H.